The van der Waals surface area contributed by atoms with E-state index in [1.807, 2.05) is 6.07 Å². The van der Waals surface area contributed by atoms with E-state index in [1.54, 1.807) is 18.2 Å². The van der Waals surface area contributed by atoms with Crippen LogP contribution in [-0.2, 0) is 0 Å². The summed E-state index contributed by atoms with van der Waals surface area (Å²) in [5.74, 6) is 0.396. The molecule has 1 aromatic heterocycles. The van der Waals surface area contributed by atoms with Gasteiger partial charge in [0.25, 0.3) is 5.91 Å². The lowest BCUT2D eigenvalue weighted by Gasteiger charge is -2.63. The number of carbonyl (C=O) groups is 1. The summed E-state index contributed by atoms with van der Waals surface area (Å²) in [7, 11) is 0. The highest BCUT2D eigenvalue weighted by atomic mass is 35.5. The molecule has 0 saturated heterocycles. The van der Waals surface area contributed by atoms with Crippen LogP contribution in [0.1, 0.15) is 43.6 Å². The van der Waals surface area contributed by atoms with Crippen molar-refractivity contribution in [3.8, 4) is 11.8 Å². The third kappa shape index (κ3) is 3.35. The summed E-state index contributed by atoms with van der Waals surface area (Å²) in [6, 6.07) is 6.97. The van der Waals surface area contributed by atoms with Crippen LogP contribution in [0.25, 0.3) is 0 Å². The highest BCUT2D eigenvalue weighted by molar-refractivity contribution is 6.31. The summed E-state index contributed by atoms with van der Waals surface area (Å²) in [4.78, 5) is 20.3. The molecule has 1 aliphatic carbocycles. The number of ether oxygens (including phenoxy) is 1. The minimum absolute atomic E-state index is 0.100. The van der Waals surface area contributed by atoms with Crippen molar-refractivity contribution in [1.29, 1.82) is 5.26 Å². The zero-order chi connectivity index (χ0) is 19.8. The average Bonchev–Trinajstić information content (AvgIpc) is 2.64. The highest BCUT2D eigenvalue weighted by Gasteiger charge is 2.64. The second kappa shape index (κ2) is 6.82. The highest BCUT2D eigenvalue weighted by Crippen LogP contribution is 2.55. The standard InChI is InChI=1S/C20H21ClN4O2/c1-19(2)17(25-16(26)13-9-23-11-24-10-13)20(3,4)18(19)27-14-6-5-12(8-22)15(21)7-14/h5-7,9-11,17-18H,1-4H3,(H,25,26). The monoisotopic (exact) mass is 384 g/mol. The second-order valence-corrected chi connectivity index (χ2v) is 8.33. The Kier molecular flexibility index (Phi) is 4.83. The fourth-order valence-corrected chi connectivity index (χ4v) is 4.44. The van der Waals surface area contributed by atoms with Gasteiger partial charge in [-0.05, 0) is 12.1 Å². The topological polar surface area (TPSA) is 87.9 Å². The first-order valence-electron chi connectivity index (χ1n) is 8.60. The summed E-state index contributed by atoms with van der Waals surface area (Å²) < 4.78 is 6.21. The fourth-order valence-electron chi connectivity index (χ4n) is 4.23. The summed E-state index contributed by atoms with van der Waals surface area (Å²) in [6.07, 6.45) is 4.23. The van der Waals surface area contributed by atoms with E-state index in [0.29, 0.717) is 21.9 Å². The van der Waals surface area contributed by atoms with Gasteiger partial charge in [-0.15, -0.1) is 0 Å². The Morgan fingerprint density at radius 3 is 2.41 bits per heavy atom. The van der Waals surface area contributed by atoms with Crippen molar-refractivity contribution in [2.24, 2.45) is 10.8 Å². The lowest BCUT2D eigenvalue weighted by atomic mass is 9.49. The molecule has 0 spiro atoms. The Morgan fingerprint density at radius 1 is 1.22 bits per heavy atom. The number of carbonyl (C=O) groups excluding carboxylic acids is 1. The number of amides is 1. The molecule has 0 aliphatic heterocycles. The number of rotatable bonds is 4. The molecule has 7 heteroatoms. The molecule has 140 valence electrons. The van der Waals surface area contributed by atoms with Crippen molar-refractivity contribution in [3.63, 3.8) is 0 Å². The molecule has 2 aromatic rings. The van der Waals surface area contributed by atoms with Crippen LogP contribution in [-0.4, -0.2) is 28.0 Å². The van der Waals surface area contributed by atoms with Crippen LogP contribution in [0.2, 0.25) is 5.02 Å². The van der Waals surface area contributed by atoms with Gasteiger partial charge in [-0.1, -0.05) is 39.3 Å². The van der Waals surface area contributed by atoms with Gasteiger partial charge in [0.05, 0.1) is 16.1 Å². The third-order valence-electron chi connectivity index (χ3n) is 5.25. The molecule has 0 radical (unpaired) electrons. The molecule has 0 unspecified atom stereocenters. The summed E-state index contributed by atoms with van der Waals surface area (Å²) >= 11 is 6.11. The van der Waals surface area contributed by atoms with Crippen LogP contribution in [0.15, 0.2) is 36.9 Å². The molecule has 27 heavy (non-hydrogen) atoms. The maximum atomic E-state index is 12.5. The van der Waals surface area contributed by atoms with E-state index in [1.165, 1.54) is 18.7 Å². The zero-order valence-electron chi connectivity index (χ0n) is 15.7. The van der Waals surface area contributed by atoms with Gasteiger partial charge in [0.2, 0.25) is 0 Å². The Labute approximate surface area is 163 Å². The van der Waals surface area contributed by atoms with Crippen molar-refractivity contribution in [3.05, 3.63) is 53.1 Å². The van der Waals surface area contributed by atoms with Crippen molar-refractivity contribution in [2.75, 3.05) is 0 Å². The molecule has 3 rings (SSSR count). The van der Waals surface area contributed by atoms with Gasteiger partial charge in [0.1, 0.15) is 24.3 Å². The first-order valence-corrected chi connectivity index (χ1v) is 8.98. The Bertz CT molecular complexity index is 890. The van der Waals surface area contributed by atoms with Crippen LogP contribution >= 0.6 is 11.6 Å². The van der Waals surface area contributed by atoms with Gasteiger partial charge in [-0.2, -0.15) is 5.26 Å². The van der Waals surface area contributed by atoms with E-state index in [2.05, 4.69) is 43.0 Å². The van der Waals surface area contributed by atoms with E-state index < -0.39 is 0 Å². The number of benzene rings is 1. The Balaban J connectivity index is 1.77. The predicted octanol–water partition coefficient (Wildman–Crippen LogP) is 3.61. The number of hydrogen-bond donors (Lipinski definition) is 1. The molecule has 1 aromatic carbocycles. The van der Waals surface area contributed by atoms with Gasteiger partial charge < -0.3 is 10.1 Å². The molecule has 0 atom stereocenters. The normalized spacial score (nSPS) is 22.2. The molecule has 6 nitrogen and oxygen atoms in total. The van der Waals surface area contributed by atoms with Gasteiger partial charge in [-0.3, -0.25) is 4.79 Å². The average molecular weight is 385 g/mol. The SMILES string of the molecule is CC1(C)C(NC(=O)c2cncnc2)C(C)(C)C1Oc1ccc(C#N)c(Cl)c1. The van der Waals surface area contributed by atoms with Crippen LogP contribution < -0.4 is 10.1 Å². The van der Waals surface area contributed by atoms with Crippen molar-refractivity contribution in [2.45, 2.75) is 39.8 Å². The number of halogens is 1. The quantitative estimate of drug-likeness (QED) is 0.869. The molecular weight excluding hydrogens is 364 g/mol. The maximum Gasteiger partial charge on any atom is 0.254 e. The van der Waals surface area contributed by atoms with E-state index in [9.17, 15) is 4.79 Å². The van der Waals surface area contributed by atoms with E-state index in [0.717, 1.165) is 0 Å². The fraction of sp³-hybridized carbons (Fsp3) is 0.400. The smallest absolute Gasteiger partial charge is 0.254 e. The number of hydrogen-bond acceptors (Lipinski definition) is 5. The van der Waals surface area contributed by atoms with Crippen LogP contribution in [0.5, 0.6) is 5.75 Å². The first-order chi connectivity index (χ1) is 12.7. The minimum atomic E-state index is -0.310. The van der Waals surface area contributed by atoms with Gasteiger partial charge in [0.15, 0.2) is 0 Å². The Morgan fingerprint density at radius 2 is 1.85 bits per heavy atom. The predicted molar refractivity (Wildman–Crippen MR) is 101 cm³/mol. The molecule has 1 saturated carbocycles. The van der Waals surface area contributed by atoms with Crippen molar-refractivity contribution < 1.29 is 9.53 Å². The molecule has 1 aliphatic rings. The van der Waals surface area contributed by atoms with Crippen LogP contribution in [0, 0.1) is 22.2 Å². The van der Waals surface area contributed by atoms with Gasteiger partial charge >= 0.3 is 0 Å². The second-order valence-electron chi connectivity index (χ2n) is 7.93. The molecule has 1 amide bonds. The molecular formula is C20H21ClN4O2. The number of nitrogens with one attached hydrogen (secondary N) is 1. The van der Waals surface area contributed by atoms with Crippen LogP contribution in [0.4, 0.5) is 0 Å². The summed E-state index contributed by atoms with van der Waals surface area (Å²) in [5, 5.41) is 12.5. The number of nitriles is 1. The maximum absolute atomic E-state index is 12.5. The largest absolute Gasteiger partial charge is 0.489 e. The number of nitrogens with zero attached hydrogens (tertiary/aromatic N) is 3. The lowest BCUT2D eigenvalue weighted by molar-refractivity contribution is -0.164. The van der Waals surface area contributed by atoms with E-state index in [4.69, 9.17) is 21.6 Å². The van der Waals surface area contributed by atoms with Crippen LogP contribution in [0.3, 0.4) is 0 Å². The summed E-state index contributed by atoms with van der Waals surface area (Å²) in [6.45, 7) is 8.22. The molecule has 1 fully saturated rings. The minimum Gasteiger partial charge on any atom is -0.489 e. The molecule has 1 heterocycles. The van der Waals surface area contributed by atoms with Gasteiger partial charge in [-0.25, -0.2) is 9.97 Å². The molecule has 1 N–H and O–H groups in total. The van der Waals surface area contributed by atoms with Gasteiger partial charge in [0, 0.05) is 35.3 Å². The van der Waals surface area contributed by atoms with E-state index in [-0.39, 0.29) is 28.9 Å². The third-order valence-corrected chi connectivity index (χ3v) is 5.57. The summed E-state index contributed by atoms with van der Waals surface area (Å²) in [5.41, 5.74) is 0.211. The number of aromatic nitrogens is 2. The lowest BCUT2D eigenvalue weighted by Crippen LogP contribution is -2.74. The van der Waals surface area contributed by atoms with E-state index >= 15 is 0 Å². The molecule has 0 bridgehead atoms. The zero-order valence-corrected chi connectivity index (χ0v) is 16.4. The first kappa shape index (κ1) is 19.1. The van der Waals surface area contributed by atoms with Crippen molar-refractivity contribution in [1.82, 2.24) is 15.3 Å². The van der Waals surface area contributed by atoms with Crippen molar-refractivity contribution >= 4 is 17.5 Å². The Hall–Kier alpha value is -2.65.